The zero-order chi connectivity index (χ0) is 15.0. The Labute approximate surface area is 128 Å². The molecule has 0 unspecified atom stereocenters. The zero-order valence-corrected chi connectivity index (χ0v) is 13.2. The molecule has 0 aromatic heterocycles. The van der Waals surface area contributed by atoms with E-state index < -0.39 is 0 Å². The van der Waals surface area contributed by atoms with Crippen LogP contribution in [-0.2, 0) is 9.59 Å². The molecule has 6 heteroatoms. The summed E-state index contributed by atoms with van der Waals surface area (Å²) < 4.78 is 0. The van der Waals surface area contributed by atoms with Gasteiger partial charge in [0.05, 0.1) is 6.54 Å². The molecule has 4 nitrogen and oxygen atoms in total. The van der Waals surface area contributed by atoms with Crippen LogP contribution in [0.3, 0.4) is 0 Å². The summed E-state index contributed by atoms with van der Waals surface area (Å²) >= 11 is 7.37. The molecule has 0 heterocycles. The van der Waals surface area contributed by atoms with Gasteiger partial charge in [0, 0.05) is 28.1 Å². The van der Waals surface area contributed by atoms with Crippen molar-refractivity contribution in [2.24, 2.45) is 0 Å². The number of carbonyl (C=O) groups excluding carboxylic acids is 2. The van der Waals surface area contributed by atoms with Crippen molar-refractivity contribution in [3.8, 4) is 0 Å². The number of benzene rings is 1. The number of nitrogens with one attached hydrogen (secondary N) is 2. The molecule has 0 aliphatic carbocycles. The van der Waals surface area contributed by atoms with E-state index in [9.17, 15) is 9.59 Å². The molecule has 0 atom stereocenters. The summed E-state index contributed by atoms with van der Waals surface area (Å²) in [5.74, 6) is 0.378. The Morgan fingerprint density at radius 3 is 2.45 bits per heavy atom. The third kappa shape index (κ3) is 7.40. The Kier molecular flexibility index (Phi) is 7.47. The van der Waals surface area contributed by atoms with Crippen molar-refractivity contribution < 1.29 is 9.59 Å². The van der Waals surface area contributed by atoms with Gasteiger partial charge in [-0.1, -0.05) is 11.6 Å². The number of hydrogen-bond donors (Lipinski definition) is 2. The minimum Gasteiger partial charge on any atom is -0.352 e. The van der Waals surface area contributed by atoms with E-state index in [2.05, 4.69) is 10.6 Å². The Bertz CT molecular complexity index is 449. The van der Waals surface area contributed by atoms with Crippen LogP contribution in [-0.4, -0.2) is 30.2 Å². The lowest BCUT2D eigenvalue weighted by molar-refractivity contribution is -0.126. The summed E-state index contributed by atoms with van der Waals surface area (Å²) in [5, 5.41) is 6.01. The predicted molar refractivity (Wildman–Crippen MR) is 83.1 cm³/mol. The van der Waals surface area contributed by atoms with Gasteiger partial charge in [-0.05, 0) is 38.1 Å². The Morgan fingerprint density at radius 1 is 1.20 bits per heavy atom. The second kappa shape index (κ2) is 8.87. The van der Waals surface area contributed by atoms with E-state index in [-0.39, 0.29) is 24.4 Å². The second-order valence-electron chi connectivity index (χ2n) is 4.55. The third-order valence-corrected chi connectivity index (χ3v) is 3.57. The van der Waals surface area contributed by atoms with Crippen LogP contribution in [0.15, 0.2) is 29.2 Å². The first-order valence-corrected chi connectivity index (χ1v) is 7.78. The average molecular weight is 315 g/mol. The fraction of sp³-hybridized carbons (Fsp3) is 0.429. The van der Waals surface area contributed by atoms with E-state index in [1.54, 1.807) is 11.8 Å². The molecule has 0 aliphatic rings. The molecule has 0 fully saturated rings. The molecule has 1 rings (SSSR count). The van der Waals surface area contributed by atoms with Gasteiger partial charge in [0.1, 0.15) is 0 Å². The lowest BCUT2D eigenvalue weighted by Gasteiger charge is -2.09. The number of carbonyl (C=O) groups is 2. The molecule has 20 heavy (non-hydrogen) atoms. The quantitative estimate of drug-likeness (QED) is 0.760. The Hall–Kier alpha value is -1.20. The van der Waals surface area contributed by atoms with E-state index in [0.717, 1.165) is 4.90 Å². The Balaban J connectivity index is 2.17. The van der Waals surface area contributed by atoms with Gasteiger partial charge in [0.25, 0.3) is 0 Å². The highest BCUT2D eigenvalue weighted by atomic mass is 35.5. The molecule has 1 aromatic carbocycles. The van der Waals surface area contributed by atoms with Crippen molar-refractivity contribution in [3.05, 3.63) is 29.3 Å². The number of amides is 2. The van der Waals surface area contributed by atoms with Gasteiger partial charge >= 0.3 is 0 Å². The average Bonchev–Trinajstić information content (AvgIpc) is 2.38. The SMILES string of the molecule is CC(C)NC(=O)CNC(=O)CCSc1ccc(Cl)cc1. The highest BCUT2D eigenvalue weighted by molar-refractivity contribution is 7.99. The number of halogens is 1. The molecule has 0 bridgehead atoms. The van der Waals surface area contributed by atoms with E-state index >= 15 is 0 Å². The minimum atomic E-state index is -0.168. The standard InChI is InChI=1S/C14H19ClN2O2S/c1-10(2)17-14(19)9-16-13(18)7-8-20-12-5-3-11(15)4-6-12/h3-6,10H,7-9H2,1-2H3,(H,16,18)(H,17,19). The zero-order valence-electron chi connectivity index (χ0n) is 11.6. The fourth-order valence-corrected chi connectivity index (χ4v) is 2.41. The van der Waals surface area contributed by atoms with E-state index in [1.807, 2.05) is 38.1 Å². The molecular weight excluding hydrogens is 296 g/mol. The van der Waals surface area contributed by atoms with Gasteiger partial charge in [0.2, 0.25) is 11.8 Å². The molecule has 0 saturated carbocycles. The normalized spacial score (nSPS) is 10.4. The van der Waals surface area contributed by atoms with E-state index in [4.69, 9.17) is 11.6 Å². The lowest BCUT2D eigenvalue weighted by atomic mass is 10.4. The van der Waals surface area contributed by atoms with Gasteiger partial charge in [-0.2, -0.15) is 0 Å². The number of thioether (sulfide) groups is 1. The van der Waals surface area contributed by atoms with Crippen LogP contribution >= 0.6 is 23.4 Å². The van der Waals surface area contributed by atoms with Crippen molar-refractivity contribution in [1.29, 1.82) is 0 Å². The van der Waals surface area contributed by atoms with E-state index in [1.165, 1.54) is 0 Å². The first-order valence-electron chi connectivity index (χ1n) is 6.42. The number of rotatable bonds is 7. The largest absolute Gasteiger partial charge is 0.352 e. The molecule has 0 aliphatic heterocycles. The summed E-state index contributed by atoms with van der Waals surface area (Å²) in [6.45, 7) is 3.79. The van der Waals surface area contributed by atoms with Gasteiger partial charge in [-0.15, -0.1) is 11.8 Å². The molecule has 2 N–H and O–H groups in total. The molecule has 1 aromatic rings. The molecule has 0 spiro atoms. The van der Waals surface area contributed by atoms with Gasteiger partial charge < -0.3 is 10.6 Å². The van der Waals surface area contributed by atoms with Crippen LogP contribution in [0.1, 0.15) is 20.3 Å². The monoisotopic (exact) mass is 314 g/mol. The van der Waals surface area contributed by atoms with Crippen molar-refractivity contribution in [2.75, 3.05) is 12.3 Å². The molecule has 110 valence electrons. The summed E-state index contributed by atoms with van der Waals surface area (Å²) in [6.07, 6.45) is 0.377. The third-order valence-electron chi connectivity index (χ3n) is 2.31. The summed E-state index contributed by atoms with van der Waals surface area (Å²) in [5.41, 5.74) is 0. The second-order valence-corrected chi connectivity index (χ2v) is 6.16. The van der Waals surface area contributed by atoms with Crippen LogP contribution in [0.5, 0.6) is 0 Å². The maximum absolute atomic E-state index is 11.6. The first kappa shape index (κ1) is 16.9. The summed E-state index contributed by atoms with van der Waals surface area (Å²) in [4.78, 5) is 24.0. The molecule has 2 amide bonds. The molecule has 0 radical (unpaired) electrons. The van der Waals surface area contributed by atoms with Gasteiger partial charge in [-0.3, -0.25) is 9.59 Å². The topological polar surface area (TPSA) is 58.2 Å². The van der Waals surface area contributed by atoms with Crippen molar-refractivity contribution in [1.82, 2.24) is 10.6 Å². The highest BCUT2D eigenvalue weighted by Crippen LogP contribution is 2.20. The minimum absolute atomic E-state index is 0.0304. The van der Waals surface area contributed by atoms with Crippen LogP contribution in [0.25, 0.3) is 0 Å². The summed E-state index contributed by atoms with van der Waals surface area (Å²) in [7, 11) is 0. The van der Waals surface area contributed by atoms with Crippen LogP contribution < -0.4 is 10.6 Å². The fourth-order valence-electron chi connectivity index (χ4n) is 1.43. The predicted octanol–water partition coefficient (Wildman–Crippen LogP) is 2.46. The maximum atomic E-state index is 11.6. The van der Waals surface area contributed by atoms with Crippen molar-refractivity contribution >= 4 is 35.2 Å². The van der Waals surface area contributed by atoms with Crippen LogP contribution in [0.4, 0.5) is 0 Å². The van der Waals surface area contributed by atoms with Crippen LogP contribution in [0, 0.1) is 0 Å². The summed E-state index contributed by atoms with van der Waals surface area (Å²) in [6, 6.07) is 7.56. The van der Waals surface area contributed by atoms with Gasteiger partial charge in [-0.25, -0.2) is 0 Å². The first-order chi connectivity index (χ1) is 9.47. The van der Waals surface area contributed by atoms with Crippen LogP contribution in [0.2, 0.25) is 5.02 Å². The maximum Gasteiger partial charge on any atom is 0.239 e. The number of hydrogen-bond acceptors (Lipinski definition) is 3. The molecular formula is C14H19ClN2O2S. The highest BCUT2D eigenvalue weighted by Gasteiger charge is 2.06. The smallest absolute Gasteiger partial charge is 0.239 e. The van der Waals surface area contributed by atoms with Crippen molar-refractivity contribution in [3.63, 3.8) is 0 Å². The Morgan fingerprint density at radius 2 is 1.85 bits per heavy atom. The molecule has 0 saturated heterocycles. The van der Waals surface area contributed by atoms with Gasteiger partial charge in [0.15, 0.2) is 0 Å². The van der Waals surface area contributed by atoms with Crippen molar-refractivity contribution in [2.45, 2.75) is 31.2 Å². The van der Waals surface area contributed by atoms with E-state index in [0.29, 0.717) is 17.2 Å². The lowest BCUT2D eigenvalue weighted by Crippen LogP contribution is -2.39.